The maximum atomic E-state index is 13.3. The highest BCUT2D eigenvalue weighted by atomic mass is 35.5. The smallest absolute Gasteiger partial charge is 0.258 e. The van der Waals surface area contributed by atoms with Gasteiger partial charge in [-0.2, -0.15) is 0 Å². The number of alkyl halides is 1. The summed E-state index contributed by atoms with van der Waals surface area (Å²) in [4.78, 5) is 10.3. The second kappa shape index (κ2) is 6.34. The lowest BCUT2D eigenvalue weighted by atomic mass is 10.0. The molecule has 0 aliphatic carbocycles. The summed E-state index contributed by atoms with van der Waals surface area (Å²) in [5.74, 6) is -0.283. The van der Waals surface area contributed by atoms with Gasteiger partial charge < -0.3 is 0 Å². The second-order valence-corrected chi connectivity index (χ2v) is 5.61. The Balaban J connectivity index is 3.00. The van der Waals surface area contributed by atoms with Crippen molar-refractivity contribution in [3.05, 3.63) is 38.7 Å². The molecule has 1 aromatic carbocycles. The van der Waals surface area contributed by atoms with E-state index in [2.05, 4.69) is 0 Å². The van der Waals surface area contributed by atoms with Gasteiger partial charge in [-0.1, -0.05) is 25.4 Å². The van der Waals surface area contributed by atoms with Crippen molar-refractivity contribution in [3.8, 4) is 0 Å². The average molecular weight is 294 g/mol. The SMILES string of the molecule is CC(C)CC(Cl)Cc1cc(F)c(Cl)cc1[N+](=O)[O-]. The van der Waals surface area contributed by atoms with Crippen molar-refractivity contribution in [1.82, 2.24) is 0 Å². The van der Waals surface area contributed by atoms with Gasteiger partial charge in [-0.3, -0.25) is 10.1 Å². The van der Waals surface area contributed by atoms with Crippen LogP contribution in [-0.2, 0) is 6.42 Å². The molecular formula is C12H14Cl2FNO2. The van der Waals surface area contributed by atoms with Crippen LogP contribution in [0.1, 0.15) is 25.8 Å². The van der Waals surface area contributed by atoms with Crippen molar-refractivity contribution in [3.63, 3.8) is 0 Å². The van der Waals surface area contributed by atoms with Crippen LogP contribution in [0.15, 0.2) is 12.1 Å². The van der Waals surface area contributed by atoms with Crippen LogP contribution in [0.2, 0.25) is 5.02 Å². The van der Waals surface area contributed by atoms with E-state index < -0.39 is 10.7 Å². The van der Waals surface area contributed by atoms with Gasteiger partial charge in [0.1, 0.15) is 5.82 Å². The Morgan fingerprint density at radius 1 is 1.44 bits per heavy atom. The summed E-state index contributed by atoms with van der Waals surface area (Å²) in [7, 11) is 0. The number of halogens is 3. The Kier molecular flexibility index (Phi) is 5.35. The van der Waals surface area contributed by atoms with E-state index in [-0.39, 0.29) is 28.1 Å². The number of nitro benzene ring substituents is 1. The van der Waals surface area contributed by atoms with Gasteiger partial charge in [0.25, 0.3) is 5.69 Å². The van der Waals surface area contributed by atoms with Crippen molar-refractivity contribution in [2.24, 2.45) is 5.92 Å². The van der Waals surface area contributed by atoms with Crippen molar-refractivity contribution < 1.29 is 9.31 Å². The fourth-order valence-corrected chi connectivity index (χ4v) is 2.42. The normalized spacial score (nSPS) is 12.8. The van der Waals surface area contributed by atoms with Crippen molar-refractivity contribution in [2.75, 3.05) is 0 Å². The fraction of sp³-hybridized carbons (Fsp3) is 0.500. The van der Waals surface area contributed by atoms with Crippen LogP contribution in [0.5, 0.6) is 0 Å². The predicted molar refractivity (Wildman–Crippen MR) is 70.9 cm³/mol. The van der Waals surface area contributed by atoms with E-state index in [1.165, 1.54) is 0 Å². The zero-order chi connectivity index (χ0) is 13.9. The van der Waals surface area contributed by atoms with Gasteiger partial charge in [0.2, 0.25) is 0 Å². The molecule has 0 fully saturated rings. The topological polar surface area (TPSA) is 43.1 Å². The standard InChI is InChI=1S/C12H14Cl2FNO2/c1-7(2)3-9(13)4-8-5-11(15)10(14)6-12(8)16(17)18/h5-7,9H,3-4H2,1-2H3. The van der Waals surface area contributed by atoms with E-state index in [4.69, 9.17) is 23.2 Å². The van der Waals surface area contributed by atoms with Gasteiger partial charge >= 0.3 is 0 Å². The minimum Gasteiger partial charge on any atom is -0.258 e. The van der Waals surface area contributed by atoms with E-state index in [0.717, 1.165) is 12.1 Å². The van der Waals surface area contributed by atoms with Crippen LogP contribution in [0.4, 0.5) is 10.1 Å². The van der Waals surface area contributed by atoms with Crippen LogP contribution in [-0.4, -0.2) is 10.3 Å². The molecule has 1 unspecified atom stereocenters. The molecule has 0 aromatic heterocycles. The van der Waals surface area contributed by atoms with Gasteiger partial charge in [0.05, 0.1) is 9.95 Å². The van der Waals surface area contributed by atoms with E-state index in [1.54, 1.807) is 0 Å². The molecule has 0 heterocycles. The third-order valence-electron chi connectivity index (χ3n) is 2.49. The van der Waals surface area contributed by atoms with Gasteiger partial charge in [0.15, 0.2) is 0 Å². The first-order valence-corrected chi connectivity index (χ1v) is 6.39. The summed E-state index contributed by atoms with van der Waals surface area (Å²) in [6.45, 7) is 4.01. The van der Waals surface area contributed by atoms with E-state index in [9.17, 15) is 14.5 Å². The Bertz CT molecular complexity index is 452. The van der Waals surface area contributed by atoms with Crippen LogP contribution in [0.25, 0.3) is 0 Å². The molecule has 1 aromatic rings. The lowest BCUT2D eigenvalue weighted by Gasteiger charge is -2.12. The Labute approximate surface area is 115 Å². The Hall–Kier alpha value is -0.870. The summed E-state index contributed by atoms with van der Waals surface area (Å²) >= 11 is 11.6. The Morgan fingerprint density at radius 3 is 2.56 bits per heavy atom. The molecule has 0 radical (unpaired) electrons. The first-order valence-electron chi connectivity index (χ1n) is 5.57. The minimum atomic E-state index is -0.661. The molecule has 1 rings (SSSR count). The average Bonchev–Trinajstić information content (AvgIpc) is 2.21. The molecule has 6 heteroatoms. The third kappa shape index (κ3) is 4.10. The molecule has 0 saturated carbocycles. The first-order chi connectivity index (χ1) is 8.31. The number of hydrogen-bond acceptors (Lipinski definition) is 2. The zero-order valence-electron chi connectivity index (χ0n) is 10.1. The molecule has 0 aliphatic heterocycles. The van der Waals surface area contributed by atoms with E-state index in [0.29, 0.717) is 12.3 Å². The van der Waals surface area contributed by atoms with Gasteiger partial charge in [0, 0.05) is 17.0 Å². The fourth-order valence-electron chi connectivity index (χ4n) is 1.74. The molecule has 0 aliphatic rings. The summed E-state index contributed by atoms with van der Waals surface area (Å²) in [6, 6.07) is 2.13. The van der Waals surface area contributed by atoms with Gasteiger partial charge in [-0.05, 0) is 24.8 Å². The molecule has 1 atom stereocenters. The summed E-state index contributed by atoms with van der Waals surface area (Å²) < 4.78 is 13.3. The van der Waals surface area contributed by atoms with Crippen LogP contribution < -0.4 is 0 Å². The van der Waals surface area contributed by atoms with Crippen LogP contribution >= 0.6 is 23.2 Å². The van der Waals surface area contributed by atoms with Crippen LogP contribution in [0.3, 0.4) is 0 Å². The van der Waals surface area contributed by atoms with E-state index >= 15 is 0 Å². The highest BCUT2D eigenvalue weighted by molar-refractivity contribution is 6.31. The number of nitro groups is 1. The highest BCUT2D eigenvalue weighted by Gasteiger charge is 2.20. The summed E-state index contributed by atoms with van der Waals surface area (Å²) in [6.07, 6.45) is 0.965. The lowest BCUT2D eigenvalue weighted by Crippen LogP contribution is -2.09. The largest absolute Gasteiger partial charge is 0.274 e. The highest BCUT2D eigenvalue weighted by Crippen LogP contribution is 2.29. The molecule has 0 saturated heterocycles. The number of benzene rings is 1. The molecule has 18 heavy (non-hydrogen) atoms. The summed E-state index contributed by atoms with van der Waals surface area (Å²) in [5.41, 5.74) is 0.0957. The molecule has 0 N–H and O–H groups in total. The molecule has 0 spiro atoms. The molecule has 0 bridgehead atoms. The van der Waals surface area contributed by atoms with Crippen molar-refractivity contribution in [2.45, 2.75) is 32.1 Å². The monoisotopic (exact) mass is 293 g/mol. The minimum absolute atomic E-state index is 0.184. The van der Waals surface area contributed by atoms with Crippen molar-refractivity contribution in [1.29, 1.82) is 0 Å². The van der Waals surface area contributed by atoms with Gasteiger partial charge in [-0.25, -0.2) is 4.39 Å². The predicted octanol–water partition coefficient (Wildman–Crippen LogP) is 4.58. The molecular weight excluding hydrogens is 280 g/mol. The van der Waals surface area contributed by atoms with E-state index in [1.807, 2.05) is 13.8 Å². The molecule has 3 nitrogen and oxygen atoms in total. The quantitative estimate of drug-likeness (QED) is 0.453. The number of rotatable bonds is 5. The maximum Gasteiger partial charge on any atom is 0.274 e. The molecule has 100 valence electrons. The van der Waals surface area contributed by atoms with Crippen LogP contribution in [0, 0.1) is 21.8 Å². The third-order valence-corrected chi connectivity index (χ3v) is 3.11. The number of hydrogen-bond donors (Lipinski definition) is 0. The zero-order valence-corrected chi connectivity index (χ0v) is 11.6. The summed E-state index contributed by atoms with van der Waals surface area (Å²) in [5, 5.41) is 10.4. The van der Waals surface area contributed by atoms with Gasteiger partial charge in [-0.15, -0.1) is 11.6 Å². The molecule has 0 amide bonds. The van der Waals surface area contributed by atoms with Crippen molar-refractivity contribution >= 4 is 28.9 Å². The first kappa shape index (κ1) is 15.2. The number of nitrogens with zero attached hydrogens (tertiary/aromatic N) is 1. The maximum absolute atomic E-state index is 13.3. The Morgan fingerprint density at radius 2 is 2.06 bits per heavy atom. The lowest BCUT2D eigenvalue weighted by molar-refractivity contribution is -0.385. The second-order valence-electron chi connectivity index (χ2n) is 4.58.